The maximum Gasteiger partial charge on any atom is 0.256 e. The molecule has 22 heavy (non-hydrogen) atoms. The molecule has 0 unspecified atom stereocenters. The second-order valence-corrected chi connectivity index (χ2v) is 5.58. The lowest BCUT2D eigenvalue weighted by molar-refractivity contribution is 1.14. The van der Waals surface area contributed by atoms with Gasteiger partial charge >= 0.3 is 0 Å². The van der Waals surface area contributed by atoms with Crippen molar-refractivity contribution in [3.63, 3.8) is 0 Å². The zero-order valence-electron chi connectivity index (χ0n) is 13.0. The van der Waals surface area contributed by atoms with E-state index in [1.54, 1.807) is 0 Å². The molecule has 0 amide bonds. The summed E-state index contributed by atoms with van der Waals surface area (Å²) >= 11 is 0. The second kappa shape index (κ2) is 5.60. The van der Waals surface area contributed by atoms with Crippen molar-refractivity contribution in [2.45, 2.75) is 20.8 Å². The average molecular weight is 290 g/mol. The molecule has 2 heterocycles. The van der Waals surface area contributed by atoms with E-state index in [-0.39, 0.29) is 5.56 Å². The van der Waals surface area contributed by atoms with Gasteiger partial charge < -0.3 is 4.98 Å². The Morgan fingerprint density at radius 2 is 1.68 bits per heavy atom. The number of nitrogens with zero attached hydrogens (tertiary/aromatic N) is 1. The molecule has 3 aromatic rings. The van der Waals surface area contributed by atoms with Gasteiger partial charge in [-0.25, -0.2) is 0 Å². The monoisotopic (exact) mass is 290 g/mol. The van der Waals surface area contributed by atoms with E-state index >= 15 is 0 Å². The topological polar surface area (TPSA) is 45.8 Å². The molecule has 0 aliphatic carbocycles. The third-order valence-electron chi connectivity index (χ3n) is 3.87. The van der Waals surface area contributed by atoms with Crippen molar-refractivity contribution in [2.24, 2.45) is 0 Å². The van der Waals surface area contributed by atoms with E-state index in [4.69, 9.17) is 0 Å². The first-order valence-corrected chi connectivity index (χ1v) is 7.29. The molecule has 0 radical (unpaired) electrons. The smallest absolute Gasteiger partial charge is 0.256 e. The number of aromatic amines is 1. The van der Waals surface area contributed by atoms with Gasteiger partial charge in [0.2, 0.25) is 0 Å². The summed E-state index contributed by atoms with van der Waals surface area (Å²) in [6.07, 6.45) is 1.81. The Kier molecular flexibility index (Phi) is 3.63. The Bertz CT molecular complexity index is 894. The normalized spacial score (nSPS) is 10.7. The number of hydrogen-bond donors (Lipinski definition) is 1. The van der Waals surface area contributed by atoms with Gasteiger partial charge in [-0.2, -0.15) is 0 Å². The second-order valence-electron chi connectivity index (χ2n) is 5.58. The Balaban J connectivity index is 2.20. The zero-order chi connectivity index (χ0) is 15.7. The van der Waals surface area contributed by atoms with Crippen molar-refractivity contribution in [1.82, 2.24) is 9.97 Å². The van der Waals surface area contributed by atoms with Crippen LogP contribution >= 0.6 is 0 Å². The Morgan fingerprint density at radius 3 is 2.41 bits per heavy atom. The molecule has 0 fully saturated rings. The molecule has 3 rings (SSSR count). The predicted octanol–water partition coefficient (Wildman–Crippen LogP) is 4.03. The van der Waals surface area contributed by atoms with Crippen LogP contribution in [0.1, 0.15) is 16.8 Å². The number of H-pyrrole nitrogens is 1. The molecule has 0 aliphatic heterocycles. The molecule has 3 heteroatoms. The number of pyridine rings is 2. The quantitative estimate of drug-likeness (QED) is 0.774. The van der Waals surface area contributed by atoms with Crippen molar-refractivity contribution in [3.8, 4) is 22.4 Å². The lowest BCUT2D eigenvalue weighted by Crippen LogP contribution is -2.10. The molecule has 3 nitrogen and oxygen atoms in total. The van der Waals surface area contributed by atoms with Crippen molar-refractivity contribution >= 4 is 0 Å². The van der Waals surface area contributed by atoms with E-state index < -0.39 is 0 Å². The highest BCUT2D eigenvalue weighted by atomic mass is 16.1. The number of rotatable bonds is 2. The van der Waals surface area contributed by atoms with Gasteiger partial charge in [-0.1, -0.05) is 18.2 Å². The number of benzene rings is 1. The molecule has 0 spiro atoms. The fourth-order valence-corrected chi connectivity index (χ4v) is 2.67. The van der Waals surface area contributed by atoms with E-state index in [9.17, 15) is 4.79 Å². The molecule has 1 aromatic carbocycles. The van der Waals surface area contributed by atoms with E-state index in [0.29, 0.717) is 5.56 Å². The summed E-state index contributed by atoms with van der Waals surface area (Å²) in [5.74, 6) is 0. The van der Waals surface area contributed by atoms with Crippen molar-refractivity contribution in [3.05, 3.63) is 75.8 Å². The van der Waals surface area contributed by atoms with E-state index in [2.05, 4.69) is 23.0 Å². The van der Waals surface area contributed by atoms with Crippen LogP contribution in [0.2, 0.25) is 0 Å². The molecular weight excluding hydrogens is 272 g/mol. The number of aromatic nitrogens is 2. The largest absolute Gasteiger partial charge is 0.326 e. The molecule has 1 N–H and O–H groups in total. The number of aryl methyl sites for hydroxylation is 2. The summed E-state index contributed by atoms with van der Waals surface area (Å²) in [4.78, 5) is 19.5. The summed E-state index contributed by atoms with van der Waals surface area (Å²) in [6.45, 7) is 5.97. The average Bonchev–Trinajstić information content (AvgIpc) is 2.48. The lowest BCUT2D eigenvalue weighted by Gasteiger charge is -2.11. The van der Waals surface area contributed by atoms with E-state index in [1.807, 2.05) is 56.4 Å². The Labute approximate surface area is 129 Å². The van der Waals surface area contributed by atoms with Crippen LogP contribution in [-0.4, -0.2) is 9.97 Å². The van der Waals surface area contributed by atoms with Crippen molar-refractivity contribution in [2.75, 3.05) is 0 Å². The van der Waals surface area contributed by atoms with Gasteiger partial charge in [-0.3, -0.25) is 9.78 Å². The van der Waals surface area contributed by atoms with Gasteiger partial charge in [-0.15, -0.1) is 0 Å². The first kappa shape index (κ1) is 14.3. The molecule has 2 aromatic heterocycles. The molecule has 0 atom stereocenters. The minimum atomic E-state index is -0.0579. The highest BCUT2D eigenvalue weighted by molar-refractivity contribution is 5.76. The zero-order valence-corrected chi connectivity index (χ0v) is 13.0. The minimum Gasteiger partial charge on any atom is -0.326 e. The highest BCUT2D eigenvalue weighted by Gasteiger charge is 2.11. The van der Waals surface area contributed by atoms with Gasteiger partial charge in [0.15, 0.2) is 0 Å². The van der Waals surface area contributed by atoms with Crippen LogP contribution < -0.4 is 5.56 Å². The minimum absolute atomic E-state index is 0.0579. The molecule has 0 bridgehead atoms. The standard InChI is InChI=1S/C19H18N2O/c1-12-9-10-20-18(11-12)16-6-4-5-15(14(16)3)17-8-7-13(2)21-19(17)22/h4-11H,1-3H3,(H,21,22). The molecule has 0 saturated heterocycles. The van der Waals surface area contributed by atoms with Crippen LogP contribution in [0, 0.1) is 20.8 Å². The van der Waals surface area contributed by atoms with Crippen LogP contribution in [-0.2, 0) is 0 Å². The first-order chi connectivity index (χ1) is 10.6. The van der Waals surface area contributed by atoms with Crippen LogP contribution in [0.15, 0.2) is 53.5 Å². The van der Waals surface area contributed by atoms with Crippen molar-refractivity contribution in [1.29, 1.82) is 0 Å². The maximum atomic E-state index is 12.2. The fraction of sp³-hybridized carbons (Fsp3) is 0.158. The van der Waals surface area contributed by atoms with Crippen LogP contribution in [0.5, 0.6) is 0 Å². The summed E-state index contributed by atoms with van der Waals surface area (Å²) in [5, 5.41) is 0. The van der Waals surface area contributed by atoms with Gasteiger partial charge in [0.05, 0.1) is 5.69 Å². The fourth-order valence-electron chi connectivity index (χ4n) is 2.67. The Hall–Kier alpha value is -2.68. The van der Waals surface area contributed by atoms with E-state index in [0.717, 1.165) is 28.1 Å². The van der Waals surface area contributed by atoms with Crippen LogP contribution in [0.4, 0.5) is 0 Å². The van der Waals surface area contributed by atoms with Crippen molar-refractivity contribution < 1.29 is 0 Å². The lowest BCUT2D eigenvalue weighted by atomic mass is 9.95. The van der Waals surface area contributed by atoms with E-state index in [1.165, 1.54) is 5.56 Å². The highest BCUT2D eigenvalue weighted by Crippen LogP contribution is 2.29. The Morgan fingerprint density at radius 1 is 0.909 bits per heavy atom. The maximum absolute atomic E-state index is 12.2. The third kappa shape index (κ3) is 2.58. The van der Waals surface area contributed by atoms with Gasteiger partial charge in [0, 0.05) is 23.0 Å². The summed E-state index contributed by atoms with van der Waals surface area (Å²) in [6, 6.07) is 13.8. The predicted molar refractivity (Wildman–Crippen MR) is 89.9 cm³/mol. The first-order valence-electron chi connectivity index (χ1n) is 7.29. The number of nitrogens with one attached hydrogen (secondary N) is 1. The molecule has 110 valence electrons. The van der Waals surface area contributed by atoms with Gasteiger partial charge in [-0.05, 0) is 61.7 Å². The molecule has 0 saturated carbocycles. The SMILES string of the molecule is Cc1ccnc(-c2cccc(-c3ccc(C)[nH]c3=O)c2C)c1. The van der Waals surface area contributed by atoms with Gasteiger partial charge in [0.1, 0.15) is 0 Å². The molecule has 0 aliphatic rings. The van der Waals surface area contributed by atoms with Crippen LogP contribution in [0.3, 0.4) is 0 Å². The van der Waals surface area contributed by atoms with Crippen LogP contribution in [0.25, 0.3) is 22.4 Å². The third-order valence-corrected chi connectivity index (χ3v) is 3.87. The molecular formula is C19H18N2O. The summed E-state index contributed by atoms with van der Waals surface area (Å²) < 4.78 is 0. The summed E-state index contributed by atoms with van der Waals surface area (Å²) in [5.41, 5.74) is 6.67. The summed E-state index contributed by atoms with van der Waals surface area (Å²) in [7, 11) is 0. The van der Waals surface area contributed by atoms with Gasteiger partial charge in [0.25, 0.3) is 5.56 Å². The number of hydrogen-bond acceptors (Lipinski definition) is 2.